The smallest absolute Gasteiger partial charge is 0.179 e. The van der Waals surface area contributed by atoms with E-state index in [1.807, 2.05) is 0 Å². The molecule has 0 spiro atoms. The largest absolute Gasteiger partial charge is 0.227 e. The molecule has 50 heavy (non-hydrogen) atoms. The van der Waals surface area contributed by atoms with Gasteiger partial charge in [-0.15, -0.1) is 11.3 Å². The molecule has 0 aliphatic carbocycles. The highest BCUT2D eigenvalue weighted by Gasteiger charge is 2.41. The van der Waals surface area contributed by atoms with Crippen molar-refractivity contribution in [1.82, 2.24) is 9.97 Å². The Kier molecular flexibility index (Phi) is 7.73. The van der Waals surface area contributed by atoms with Crippen molar-refractivity contribution in [2.45, 2.75) is 0 Å². The second-order valence-electron chi connectivity index (χ2n) is 12.5. The molecular formula is C46H32N2SSi. The highest BCUT2D eigenvalue weighted by molar-refractivity contribution is 7.25. The molecule has 2 aromatic heterocycles. The Morgan fingerprint density at radius 3 is 1.50 bits per heavy atom. The molecule has 0 saturated carbocycles. The van der Waals surface area contributed by atoms with E-state index in [9.17, 15) is 0 Å². The van der Waals surface area contributed by atoms with Gasteiger partial charge >= 0.3 is 0 Å². The van der Waals surface area contributed by atoms with E-state index in [0.29, 0.717) is 0 Å². The summed E-state index contributed by atoms with van der Waals surface area (Å²) in [5, 5.41) is 7.75. The quantitative estimate of drug-likeness (QED) is 0.125. The summed E-state index contributed by atoms with van der Waals surface area (Å²) < 4.78 is 1.22. The molecule has 7 aromatic carbocycles. The first-order valence-corrected chi connectivity index (χ1v) is 19.7. The summed E-state index contributed by atoms with van der Waals surface area (Å²) in [6.07, 6.45) is 0. The van der Waals surface area contributed by atoms with Crippen molar-refractivity contribution >= 4 is 60.5 Å². The summed E-state index contributed by atoms with van der Waals surface area (Å²) >= 11 is 1.73. The Hall–Kier alpha value is -5.94. The van der Waals surface area contributed by atoms with Crippen molar-refractivity contribution in [2.75, 3.05) is 0 Å². The van der Waals surface area contributed by atoms with Crippen LogP contribution < -0.4 is 20.7 Å². The van der Waals surface area contributed by atoms with Crippen LogP contribution in [0.25, 0.3) is 54.1 Å². The van der Waals surface area contributed by atoms with Crippen molar-refractivity contribution in [3.63, 3.8) is 0 Å². The van der Waals surface area contributed by atoms with Gasteiger partial charge < -0.3 is 0 Å². The van der Waals surface area contributed by atoms with E-state index in [-0.39, 0.29) is 0 Å². The normalized spacial score (nSPS) is 11.6. The maximum atomic E-state index is 5.28. The molecule has 0 bridgehead atoms. The van der Waals surface area contributed by atoms with Crippen LogP contribution in [0.2, 0.25) is 0 Å². The molecule has 236 valence electrons. The van der Waals surface area contributed by atoms with Crippen LogP contribution in [0, 0.1) is 0 Å². The topological polar surface area (TPSA) is 25.8 Å². The van der Waals surface area contributed by atoms with Crippen LogP contribution in [0.5, 0.6) is 0 Å². The Balaban J connectivity index is 1.22. The summed E-state index contributed by atoms with van der Waals surface area (Å²) in [5.41, 5.74) is 5.39. The highest BCUT2D eigenvalue weighted by atomic mass is 32.1. The van der Waals surface area contributed by atoms with Gasteiger partial charge in [0.05, 0.1) is 5.69 Å². The lowest BCUT2D eigenvalue weighted by molar-refractivity contribution is 1.24. The Labute approximate surface area is 297 Å². The summed E-state index contributed by atoms with van der Waals surface area (Å²) in [7, 11) is -2.66. The zero-order valence-electron chi connectivity index (χ0n) is 27.3. The predicted octanol–water partition coefficient (Wildman–Crippen LogP) is 9.22. The molecule has 0 aliphatic heterocycles. The molecule has 0 aliphatic rings. The Bertz CT molecular complexity index is 2490. The van der Waals surface area contributed by atoms with Gasteiger partial charge in [0.2, 0.25) is 0 Å². The molecule has 0 saturated heterocycles. The number of hydrogen-bond acceptors (Lipinski definition) is 3. The standard InChI is InChI=1S/C46H32N2SSi/c1-5-17-33(18-6-1)44-43-41-29-13-14-30-42(41)49-46(43)48-45(47-44)36-21-15-19-34(31-36)35-20-16-28-40(32-35)50(37-22-7-2-8-23-37,38-24-9-3-10-25-38)39-26-11-4-12-27-39/h1-32H. The van der Waals surface area contributed by atoms with Crippen LogP contribution in [0.1, 0.15) is 0 Å². The van der Waals surface area contributed by atoms with Gasteiger partial charge in [0.25, 0.3) is 0 Å². The molecule has 0 unspecified atom stereocenters. The third-order valence-corrected chi connectivity index (χ3v) is 15.5. The zero-order valence-corrected chi connectivity index (χ0v) is 29.1. The fourth-order valence-corrected chi connectivity index (χ4v) is 13.3. The van der Waals surface area contributed by atoms with Gasteiger partial charge in [-0.2, -0.15) is 0 Å². The van der Waals surface area contributed by atoms with Gasteiger partial charge in [-0.1, -0.05) is 182 Å². The van der Waals surface area contributed by atoms with E-state index in [1.54, 1.807) is 11.3 Å². The van der Waals surface area contributed by atoms with Crippen LogP contribution in [0.3, 0.4) is 0 Å². The average Bonchev–Trinajstić information content (AvgIpc) is 3.58. The van der Waals surface area contributed by atoms with Crippen molar-refractivity contribution in [1.29, 1.82) is 0 Å². The Morgan fingerprint density at radius 2 is 0.860 bits per heavy atom. The monoisotopic (exact) mass is 672 g/mol. The highest BCUT2D eigenvalue weighted by Crippen LogP contribution is 2.39. The lowest BCUT2D eigenvalue weighted by Crippen LogP contribution is -2.74. The van der Waals surface area contributed by atoms with Crippen LogP contribution >= 0.6 is 11.3 Å². The van der Waals surface area contributed by atoms with Gasteiger partial charge in [0.15, 0.2) is 13.9 Å². The van der Waals surface area contributed by atoms with Crippen molar-refractivity contribution in [2.24, 2.45) is 0 Å². The summed E-state index contributed by atoms with van der Waals surface area (Å²) in [5.74, 6) is 0.738. The summed E-state index contributed by atoms with van der Waals surface area (Å²) in [4.78, 5) is 11.5. The maximum Gasteiger partial charge on any atom is 0.179 e. The van der Waals surface area contributed by atoms with Crippen molar-refractivity contribution < 1.29 is 0 Å². The number of fused-ring (bicyclic) bond motifs is 3. The second-order valence-corrected chi connectivity index (χ2v) is 17.4. The molecule has 9 aromatic rings. The molecular weight excluding hydrogens is 641 g/mol. The minimum absolute atomic E-state index is 0.738. The molecule has 0 atom stereocenters. The molecule has 9 rings (SSSR count). The van der Waals surface area contributed by atoms with Gasteiger partial charge in [-0.05, 0) is 44.0 Å². The summed E-state index contributed by atoms with van der Waals surface area (Å²) in [6, 6.07) is 70.2. The lowest BCUT2D eigenvalue weighted by Gasteiger charge is -2.34. The molecule has 2 nitrogen and oxygen atoms in total. The van der Waals surface area contributed by atoms with Crippen LogP contribution in [-0.2, 0) is 0 Å². The third kappa shape index (κ3) is 5.17. The molecule has 0 fully saturated rings. The zero-order chi connectivity index (χ0) is 33.3. The minimum atomic E-state index is -2.66. The number of aromatic nitrogens is 2. The SMILES string of the molecule is c1ccc(-c2nc(-c3cccc(-c4cccc([Si](c5ccccc5)(c5ccccc5)c5ccccc5)c4)c3)nc3sc4ccccc4c23)cc1. The first-order chi connectivity index (χ1) is 24.8. The third-order valence-electron chi connectivity index (χ3n) is 9.66. The number of rotatable bonds is 7. The van der Waals surface area contributed by atoms with Gasteiger partial charge in [0, 0.05) is 26.6 Å². The maximum absolute atomic E-state index is 5.28. The molecule has 0 N–H and O–H groups in total. The van der Waals surface area contributed by atoms with E-state index in [1.165, 1.54) is 36.4 Å². The fourth-order valence-electron chi connectivity index (χ4n) is 7.39. The fraction of sp³-hybridized carbons (Fsp3) is 0. The molecule has 0 amide bonds. The molecule has 4 heteroatoms. The van der Waals surface area contributed by atoms with Crippen LogP contribution in [0.15, 0.2) is 194 Å². The van der Waals surface area contributed by atoms with Crippen molar-refractivity contribution in [3.8, 4) is 33.8 Å². The van der Waals surface area contributed by atoms with E-state index in [2.05, 4.69) is 194 Å². The summed E-state index contributed by atoms with van der Waals surface area (Å²) in [6.45, 7) is 0. The lowest BCUT2D eigenvalue weighted by atomic mass is 10.0. The van der Waals surface area contributed by atoms with Crippen LogP contribution in [0.4, 0.5) is 0 Å². The van der Waals surface area contributed by atoms with Crippen LogP contribution in [-0.4, -0.2) is 18.0 Å². The first-order valence-electron chi connectivity index (χ1n) is 16.9. The van der Waals surface area contributed by atoms with E-state index in [0.717, 1.165) is 38.4 Å². The Morgan fingerprint density at radius 1 is 0.380 bits per heavy atom. The average molecular weight is 673 g/mol. The number of hydrogen-bond donors (Lipinski definition) is 0. The first kappa shape index (κ1) is 30.1. The van der Waals surface area contributed by atoms with Gasteiger partial charge in [-0.25, -0.2) is 9.97 Å². The molecule has 0 radical (unpaired) electrons. The van der Waals surface area contributed by atoms with Crippen molar-refractivity contribution in [3.05, 3.63) is 194 Å². The van der Waals surface area contributed by atoms with Gasteiger partial charge in [0.1, 0.15) is 4.83 Å². The van der Waals surface area contributed by atoms with E-state index >= 15 is 0 Å². The number of nitrogens with zero attached hydrogens (tertiary/aromatic N) is 2. The second kappa shape index (κ2) is 12.8. The van der Waals surface area contributed by atoms with Gasteiger partial charge in [-0.3, -0.25) is 0 Å². The minimum Gasteiger partial charge on any atom is -0.227 e. The predicted molar refractivity (Wildman–Crippen MR) is 215 cm³/mol. The van der Waals surface area contributed by atoms with E-state index in [4.69, 9.17) is 9.97 Å². The van der Waals surface area contributed by atoms with E-state index < -0.39 is 8.07 Å². The number of thiophene rings is 1. The number of benzene rings is 7. The molecule has 2 heterocycles.